The number of hydrogen-bond donors (Lipinski definition) is 1. The van der Waals surface area contributed by atoms with Crippen LogP contribution in [0.3, 0.4) is 0 Å². The van der Waals surface area contributed by atoms with Gasteiger partial charge in [0.1, 0.15) is 5.82 Å². The molecule has 0 aliphatic heterocycles. The summed E-state index contributed by atoms with van der Waals surface area (Å²) in [4.78, 5) is 15.9. The van der Waals surface area contributed by atoms with Crippen molar-refractivity contribution in [3.05, 3.63) is 59.1 Å². The summed E-state index contributed by atoms with van der Waals surface area (Å²) in [5.74, 6) is -0.980. The summed E-state index contributed by atoms with van der Waals surface area (Å²) in [6.07, 6.45) is 4.18. The number of anilines is 1. The monoisotopic (exact) mass is 385 g/mol. The van der Waals surface area contributed by atoms with Gasteiger partial charge < -0.3 is 5.32 Å². The predicted molar refractivity (Wildman–Crippen MR) is 94.1 cm³/mol. The number of carbonyl (C=O) groups is 1. The Labute approximate surface area is 150 Å². The van der Waals surface area contributed by atoms with Gasteiger partial charge in [-0.2, -0.15) is 4.31 Å². The third kappa shape index (κ3) is 6.08. The van der Waals surface area contributed by atoms with Crippen molar-refractivity contribution >= 4 is 33.2 Å². The average Bonchev–Trinajstić information content (AvgIpc) is 2.55. The lowest BCUT2D eigenvalue weighted by molar-refractivity contribution is -0.116. The fourth-order valence-corrected chi connectivity index (χ4v) is 3.06. The van der Waals surface area contributed by atoms with Crippen LogP contribution in [0.1, 0.15) is 12.0 Å². The third-order valence-electron chi connectivity index (χ3n) is 3.37. The van der Waals surface area contributed by atoms with Crippen LogP contribution in [0.2, 0.25) is 5.02 Å². The number of rotatable bonds is 7. The second-order valence-corrected chi connectivity index (χ2v) is 7.77. The summed E-state index contributed by atoms with van der Waals surface area (Å²) in [6, 6.07) is 7.23. The minimum atomic E-state index is -3.48. The molecule has 1 N–H and O–H groups in total. The van der Waals surface area contributed by atoms with E-state index in [-0.39, 0.29) is 24.5 Å². The maximum Gasteiger partial charge on any atom is 0.225 e. The van der Waals surface area contributed by atoms with E-state index < -0.39 is 21.7 Å². The number of hydrogen-bond acceptors (Lipinski definition) is 4. The van der Waals surface area contributed by atoms with E-state index in [2.05, 4.69) is 10.3 Å². The number of aromatic nitrogens is 1. The van der Waals surface area contributed by atoms with Gasteiger partial charge in [0.15, 0.2) is 0 Å². The molecule has 1 aromatic heterocycles. The Balaban J connectivity index is 1.97. The van der Waals surface area contributed by atoms with Gasteiger partial charge in [-0.15, -0.1) is 0 Å². The van der Waals surface area contributed by atoms with Gasteiger partial charge in [0.2, 0.25) is 15.9 Å². The zero-order chi connectivity index (χ0) is 18.4. The molecule has 0 aliphatic carbocycles. The summed E-state index contributed by atoms with van der Waals surface area (Å²) in [7, 11) is -3.48. The molecule has 0 atom stereocenters. The van der Waals surface area contributed by atoms with Gasteiger partial charge >= 0.3 is 0 Å². The van der Waals surface area contributed by atoms with Crippen LogP contribution in [0, 0.1) is 5.82 Å². The molecule has 2 rings (SSSR count). The second kappa shape index (κ2) is 8.37. The van der Waals surface area contributed by atoms with Gasteiger partial charge in [-0.1, -0.05) is 11.6 Å². The minimum Gasteiger partial charge on any atom is -0.326 e. The molecule has 2 aromatic rings. The predicted octanol–water partition coefficient (Wildman–Crippen LogP) is 2.66. The second-order valence-electron chi connectivity index (χ2n) is 5.38. The van der Waals surface area contributed by atoms with E-state index in [0.29, 0.717) is 5.69 Å². The fraction of sp³-hybridized carbons (Fsp3) is 0.250. The van der Waals surface area contributed by atoms with Crippen molar-refractivity contribution in [2.24, 2.45) is 0 Å². The Bertz CT molecular complexity index is 847. The van der Waals surface area contributed by atoms with Crippen LogP contribution in [0.4, 0.5) is 10.1 Å². The van der Waals surface area contributed by atoms with E-state index >= 15 is 0 Å². The van der Waals surface area contributed by atoms with Crippen LogP contribution in [0.15, 0.2) is 42.7 Å². The van der Waals surface area contributed by atoms with Crippen molar-refractivity contribution in [3.8, 4) is 0 Å². The van der Waals surface area contributed by atoms with E-state index in [1.807, 2.05) is 0 Å². The largest absolute Gasteiger partial charge is 0.326 e. The van der Waals surface area contributed by atoms with Gasteiger partial charge in [-0.3, -0.25) is 9.78 Å². The van der Waals surface area contributed by atoms with Crippen LogP contribution in [-0.4, -0.2) is 36.4 Å². The molecule has 0 bridgehead atoms. The summed E-state index contributed by atoms with van der Waals surface area (Å²) in [5, 5.41) is 2.46. The normalized spacial score (nSPS) is 11.5. The maximum atomic E-state index is 13.1. The highest BCUT2D eigenvalue weighted by Gasteiger charge is 2.18. The summed E-state index contributed by atoms with van der Waals surface area (Å²) in [6.45, 7) is 0.166. The van der Waals surface area contributed by atoms with E-state index in [1.54, 1.807) is 24.5 Å². The number of halogens is 2. The third-order valence-corrected chi connectivity index (χ3v) is 4.91. The van der Waals surface area contributed by atoms with E-state index in [1.165, 1.54) is 16.4 Å². The van der Waals surface area contributed by atoms with Gasteiger partial charge in [0.05, 0.1) is 11.3 Å². The van der Waals surface area contributed by atoms with Crippen molar-refractivity contribution < 1.29 is 17.6 Å². The zero-order valence-electron chi connectivity index (χ0n) is 13.4. The topological polar surface area (TPSA) is 79.4 Å². The number of amides is 1. The first-order valence-electron chi connectivity index (χ1n) is 7.34. The molecule has 0 saturated heterocycles. The molecule has 0 spiro atoms. The molecule has 25 heavy (non-hydrogen) atoms. The molecule has 6 nitrogen and oxygen atoms in total. The lowest BCUT2D eigenvalue weighted by Gasteiger charge is -2.19. The molecule has 9 heteroatoms. The van der Waals surface area contributed by atoms with Gasteiger partial charge in [-0.05, 0) is 35.9 Å². The summed E-state index contributed by atoms with van der Waals surface area (Å²) < 4.78 is 38.1. The molecule has 0 aliphatic rings. The first-order valence-corrected chi connectivity index (χ1v) is 9.57. The highest BCUT2D eigenvalue weighted by Crippen LogP contribution is 2.19. The number of nitrogens with zero attached hydrogens (tertiary/aromatic N) is 2. The number of nitrogens with one attached hydrogen (secondary N) is 1. The highest BCUT2D eigenvalue weighted by molar-refractivity contribution is 7.88. The lowest BCUT2D eigenvalue weighted by atomic mass is 10.2. The van der Waals surface area contributed by atoms with Crippen molar-refractivity contribution in [1.82, 2.24) is 9.29 Å². The Kier molecular flexibility index (Phi) is 6.46. The van der Waals surface area contributed by atoms with E-state index in [4.69, 9.17) is 11.6 Å². The van der Waals surface area contributed by atoms with Crippen molar-refractivity contribution in [2.45, 2.75) is 13.0 Å². The van der Waals surface area contributed by atoms with Crippen LogP contribution in [0.25, 0.3) is 0 Å². The summed E-state index contributed by atoms with van der Waals surface area (Å²) in [5.41, 5.74) is 1.11. The number of carbonyl (C=O) groups excluding carboxylic acids is 1. The Hall–Kier alpha value is -2.03. The van der Waals surface area contributed by atoms with Crippen LogP contribution >= 0.6 is 11.6 Å². The smallest absolute Gasteiger partial charge is 0.225 e. The highest BCUT2D eigenvalue weighted by atomic mass is 35.5. The van der Waals surface area contributed by atoms with Crippen LogP contribution in [-0.2, 0) is 21.4 Å². The molecule has 0 unspecified atom stereocenters. The molecule has 0 fully saturated rings. The van der Waals surface area contributed by atoms with E-state index in [0.717, 1.165) is 17.9 Å². The SMILES string of the molecule is CS(=O)(=O)N(CCC(=O)Nc1ccc(F)c(Cl)c1)Cc1ccncc1. The molecule has 1 aromatic carbocycles. The zero-order valence-corrected chi connectivity index (χ0v) is 15.0. The maximum absolute atomic E-state index is 13.1. The van der Waals surface area contributed by atoms with Gasteiger partial charge in [0.25, 0.3) is 0 Å². The minimum absolute atomic E-state index is 0.0158. The Morgan fingerprint density at radius 1 is 1.28 bits per heavy atom. The molecule has 1 heterocycles. The first kappa shape index (κ1) is 19.3. The fourth-order valence-electron chi connectivity index (χ4n) is 2.08. The van der Waals surface area contributed by atoms with Crippen molar-refractivity contribution in [2.75, 3.05) is 18.1 Å². The molecule has 1 amide bonds. The molecule has 0 radical (unpaired) electrons. The number of sulfonamides is 1. The molecule has 0 saturated carbocycles. The first-order chi connectivity index (χ1) is 11.8. The summed E-state index contributed by atoms with van der Waals surface area (Å²) >= 11 is 5.66. The lowest BCUT2D eigenvalue weighted by Crippen LogP contribution is -2.32. The molecular formula is C16H17ClFN3O3S. The quantitative estimate of drug-likeness (QED) is 0.794. The van der Waals surface area contributed by atoms with E-state index in [9.17, 15) is 17.6 Å². The average molecular weight is 386 g/mol. The standard InChI is InChI=1S/C16H17ClFN3O3S/c1-25(23,24)21(11-12-4-7-19-8-5-12)9-6-16(22)20-13-2-3-15(18)14(17)10-13/h2-5,7-8,10H,6,9,11H2,1H3,(H,20,22). The van der Waals surface area contributed by atoms with Crippen LogP contribution in [0.5, 0.6) is 0 Å². The molecular weight excluding hydrogens is 369 g/mol. The number of benzene rings is 1. The number of pyridine rings is 1. The Morgan fingerprint density at radius 3 is 2.56 bits per heavy atom. The van der Waals surface area contributed by atoms with Crippen molar-refractivity contribution in [3.63, 3.8) is 0 Å². The van der Waals surface area contributed by atoms with Crippen LogP contribution < -0.4 is 5.32 Å². The van der Waals surface area contributed by atoms with Gasteiger partial charge in [-0.25, -0.2) is 12.8 Å². The Morgan fingerprint density at radius 2 is 1.96 bits per heavy atom. The molecule has 134 valence electrons. The van der Waals surface area contributed by atoms with Crippen molar-refractivity contribution in [1.29, 1.82) is 0 Å². The van der Waals surface area contributed by atoms with Gasteiger partial charge in [0, 0.05) is 37.6 Å².